The smallest absolute Gasteiger partial charge is 0.282 e. The van der Waals surface area contributed by atoms with Crippen molar-refractivity contribution >= 4 is 10.2 Å². The van der Waals surface area contributed by atoms with Crippen LogP contribution in [0.2, 0.25) is 0 Å². The van der Waals surface area contributed by atoms with Crippen molar-refractivity contribution in [2.45, 2.75) is 51.7 Å². The minimum Gasteiger partial charge on any atom is -0.465 e. The van der Waals surface area contributed by atoms with Crippen LogP contribution in [0.5, 0.6) is 0 Å². The molecule has 23 heavy (non-hydrogen) atoms. The molecule has 3 heterocycles. The first-order valence-corrected chi connectivity index (χ1v) is 9.87. The van der Waals surface area contributed by atoms with Crippen molar-refractivity contribution < 1.29 is 17.6 Å². The van der Waals surface area contributed by atoms with Crippen LogP contribution in [0.4, 0.5) is 0 Å². The molecule has 0 N–H and O–H groups in total. The molecule has 130 valence electrons. The summed E-state index contributed by atoms with van der Waals surface area (Å²) in [6.45, 7) is 6.04. The second-order valence-electron chi connectivity index (χ2n) is 6.30. The molecular weight excluding hydrogens is 316 g/mol. The van der Waals surface area contributed by atoms with Gasteiger partial charge in [0, 0.05) is 26.2 Å². The number of piperidine rings is 1. The minimum absolute atomic E-state index is 0.00966. The van der Waals surface area contributed by atoms with Crippen LogP contribution in [-0.2, 0) is 14.9 Å². The third-order valence-electron chi connectivity index (χ3n) is 4.66. The monoisotopic (exact) mass is 342 g/mol. The second kappa shape index (κ2) is 6.93. The Morgan fingerprint density at radius 1 is 1.26 bits per heavy atom. The Bertz CT molecular complexity index is 626. The molecule has 7 heteroatoms. The van der Waals surface area contributed by atoms with Crippen LogP contribution in [0.25, 0.3) is 0 Å². The number of hydrogen-bond acceptors (Lipinski definition) is 4. The van der Waals surface area contributed by atoms with E-state index in [0.29, 0.717) is 26.2 Å². The summed E-state index contributed by atoms with van der Waals surface area (Å²) in [7, 11) is -3.47. The van der Waals surface area contributed by atoms with Gasteiger partial charge < -0.3 is 9.15 Å². The molecule has 2 saturated heterocycles. The van der Waals surface area contributed by atoms with Crippen LogP contribution in [0, 0.1) is 6.92 Å². The summed E-state index contributed by atoms with van der Waals surface area (Å²) in [6, 6.07) is 3.61. The first-order chi connectivity index (χ1) is 11.0. The molecule has 0 radical (unpaired) electrons. The maximum absolute atomic E-state index is 13.1. The van der Waals surface area contributed by atoms with Gasteiger partial charge in [-0.1, -0.05) is 0 Å². The van der Waals surface area contributed by atoms with Crippen molar-refractivity contribution in [1.82, 2.24) is 8.61 Å². The predicted molar refractivity (Wildman–Crippen MR) is 87.3 cm³/mol. The van der Waals surface area contributed by atoms with E-state index in [0.717, 1.165) is 37.2 Å². The molecule has 0 bridgehead atoms. The van der Waals surface area contributed by atoms with E-state index in [4.69, 9.17) is 9.15 Å². The number of nitrogens with zero attached hydrogens (tertiary/aromatic N) is 2. The highest BCUT2D eigenvalue weighted by Gasteiger charge is 2.41. The van der Waals surface area contributed by atoms with E-state index in [2.05, 4.69) is 0 Å². The van der Waals surface area contributed by atoms with Gasteiger partial charge in [-0.3, -0.25) is 0 Å². The van der Waals surface area contributed by atoms with Gasteiger partial charge in [0.2, 0.25) is 0 Å². The van der Waals surface area contributed by atoms with Crippen molar-refractivity contribution in [3.05, 3.63) is 23.7 Å². The molecule has 2 fully saturated rings. The average molecular weight is 342 g/mol. The average Bonchev–Trinajstić information content (AvgIpc) is 3.16. The Morgan fingerprint density at radius 3 is 2.74 bits per heavy atom. The molecule has 2 aliphatic heterocycles. The number of rotatable bonds is 5. The van der Waals surface area contributed by atoms with Crippen molar-refractivity contribution in [3.63, 3.8) is 0 Å². The van der Waals surface area contributed by atoms with Crippen molar-refractivity contribution in [2.75, 3.05) is 26.2 Å². The van der Waals surface area contributed by atoms with Crippen molar-refractivity contribution in [1.29, 1.82) is 0 Å². The lowest BCUT2D eigenvalue weighted by Crippen LogP contribution is -2.49. The predicted octanol–water partition coefficient (Wildman–Crippen LogP) is 2.47. The molecular formula is C16H26N2O4S. The highest BCUT2D eigenvalue weighted by Crippen LogP contribution is 2.36. The van der Waals surface area contributed by atoms with Crippen molar-refractivity contribution in [3.8, 4) is 0 Å². The van der Waals surface area contributed by atoms with Crippen LogP contribution in [-0.4, -0.2) is 49.4 Å². The third kappa shape index (κ3) is 3.47. The van der Waals surface area contributed by atoms with Gasteiger partial charge in [0.15, 0.2) is 0 Å². The van der Waals surface area contributed by atoms with E-state index in [-0.39, 0.29) is 12.1 Å². The molecule has 0 unspecified atom stereocenters. The first-order valence-electron chi connectivity index (χ1n) is 8.47. The van der Waals surface area contributed by atoms with Crippen LogP contribution in [0.1, 0.15) is 50.2 Å². The lowest BCUT2D eigenvalue weighted by Gasteiger charge is -2.35. The molecule has 0 amide bonds. The second-order valence-corrected chi connectivity index (χ2v) is 8.18. The largest absolute Gasteiger partial charge is 0.465 e. The zero-order chi connectivity index (χ0) is 16.4. The van der Waals surface area contributed by atoms with Gasteiger partial charge in [-0.25, -0.2) is 0 Å². The highest BCUT2D eigenvalue weighted by atomic mass is 32.2. The number of hydrogen-bond donors (Lipinski definition) is 0. The van der Waals surface area contributed by atoms with Gasteiger partial charge in [0.05, 0.1) is 12.1 Å². The van der Waals surface area contributed by atoms with Crippen molar-refractivity contribution in [2.24, 2.45) is 0 Å². The Labute approximate surface area is 138 Å². The Kier molecular flexibility index (Phi) is 5.10. The Hall–Kier alpha value is -0.890. The van der Waals surface area contributed by atoms with Gasteiger partial charge in [0.1, 0.15) is 11.5 Å². The van der Waals surface area contributed by atoms with E-state index in [9.17, 15) is 8.42 Å². The van der Waals surface area contributed by atoms with E-state index in [1.807, 2.05) is 26.0 Å². The van der Waals surface area contributed by atoms with Crippen LogP contribution in [0.15, 0.2) is 16.5 Å². The molecule has 0 spiro atoms. The molecule has 1 aromatic heterocycles. The molecule has 0 aromatic carbocycles. The third-order valence-corrected chi connectivity index (χ3v) is 6.67. The molecule has 2 atom stereocenters. The lowest BCUT2D eigenvalue weighted by molar-refractivity contribution is 0.0249. The van der Waals surface area contributed by atoms with Gasteiger partial charge in [0.25, 0.3) is 10.2 Å². The number of ether oxygens (including phenoxy) is 1. The van der Waals surface area contributed by atoms with E-state index in [1.54, 1.807) is 8.61 Å². The Balaban J connectivity index is 1.78. The number of furan rings is 1. The van der Waals surface area contributed by atoms with Gasteiger partial charge >= 0.3 is 0 Å². The topological polar surface area (TPSA) is 63.0 Å². The first kappa shape index (κ1) is 17.0. The zero-order valence-electron chi connectivity index (χ0n) is 13.9. The highest BCUT2D eigenvalue weighted by molar-refractivity contribution is 7.86. The van der Waals surface area contributed by atoms with Crippen LogP contribution < -0.4 is 0 Å². The standard InChI is InChI=1S/C16H26N2O4S/c1-3-21-14-6-4-10-17(12-14)23(19,20)18-11-5-7-15(18)16-9-8-13(2)22-16/h8-9,14-15H,3-7,10-12H2,1-2H3/t14-,15+/m1/s1. The van der Waals surface area contributed by atoms with Crippen LogP contribution in [0.3, 0.4) is 0 Å². The van der Waals surface area contributed by atoms with E-state index < -0.39 is 10.2 Å². The molecule has 1 aromatic rings. The van der Waals surface area contributed by atoms with Crippen LogP contribution >= 0.6 is 0 Å². The summed E-state index contributed by atoms with van der Waals surface area (Å²) in [5.41, 5.74) is 0. The number of aryl methyl sites for hydroxylation is 1. The molecule has 3 rings (SSSR count). The Morgan fingerprint density at radius 2 is 2.04 bits per heavy atom. The van der Waals surface area contributed by atoms with E-state index >= 15 is 0 Å². The fraction of sp³-hybridized carbons (Fsp3) is 0.750. The SMILES string of the molecule is CCO[C@@H]1CCCN(S(=O)(=O)N2CCC[C@H]2c2ccc(C)o2)C1. The summed E-state index contributed by atoms with van der Waals surface area (Å²) in [5, 5.41) is 0. The molecule has 0 saturated carbocycles. The maximum atomic E-state index is 13.1. The summed E-state index contributed by atoms with van der Waals surface area (Å²) in [6.07, 6.45) is 3.47. The fourth-order valence-electron chi connectivity index (χ4n) is 3.57. The summed E-state index contributed by atoms with van der Waals surface area (Å²) < 4.78 is 40.7. The molecule has 0 aliphatic carbocycles. The van der Waals surface area contributed by atoms with E-state index in [1.165, 1.54) is 0 Å². The van der Waals surface area contributed by atoms with Gasteiger partial charge in [-0.15, -0.1) is 0 Å². The maximum Gasteiger partial charge on any atom is 0.282 e. The van der Waals surface area contributed by atoms with Gasteiger partial charge in [-0.2, -0.15) is 17.0 Å². The summed E-state index contributed by atoms with van der Waals surface area (Å²) in [4.78, 5) is 0. The zero-order valence-corrected chi connectivity index (χ0v) is 14.7. The fourth-order valence-corrected chi connectivity index (χ4v) is 5.47. The quantitative estimate of drug-likeness (QED) is 0.825. The summed E-state index contributed by atoms with van der Waals surface area (Å²) in [5.74, 6) is 1.57. The molecule has 2 aliphatic rings. The van der Waals surface area contributed by atoms with Gasteiger partial charge in [-0.05, 0) is 51.7 Å². The molecule has 6 nitrogen and oxygen atoms in total. The normalized spacial score (nSPS) is 27.6. The lowest BCUT2D eigenvalue weighted by atomic mass is 10.1. The minimum atomic E-state index is -3.47. The summed E-state index contributed by atoms with van der Waals surface area (Å²) >= 11 is 0.